The zero-order valence-electron chi connectivity index (χ0n) is 8.05. The summed E-state index contributed by atoms with van der Waals surface area (Å²) in [6.07, 6.45) is -3.37. The van der Waals surface area contributed by atoms with E-state index in [1.807, 2.05) is 6.92 Å². The molecule has 6 nitrogen and oxygen atoms in total. The summed E-state index contributed by atoms with van der Waals surface area (Å²) in [5.41, 5.74) is 0. The van der Waals surface area contributed by atoms with Crippen molar-refractivity contribution in [2.75, 3.05) is 19.7 Å². The molecule has 0 amide bonds. The molecule has 1 heterocycles. The summed E-state index contributed by atoms with van der Waals surface area (Å²) in [7, 11) is 0. The molecule has 0 aromatic rings. The minimum absolute atomic E-state index is 0.317. The van der Waals surface area contributed by atoms with Crippen molar-refractivity contribution in [2.24, 2.45) is 0 Å². The second kappa shape index (κ2) is 4.52. The van der Waals surface area contributed by atoms with Gasteiger partial charge in [0.2, 0.25) is 5.79 Å². The van der Waals surface area contributed by atoms with Gasteiger partial charge in [-0.2, -0.15) is 0 Å². The van der Waals surface area contributed by atoms with E-state index in [0.29, 0.717) is 13.1 Å². The van der Waals surface area contributed by atoms with Crippen LogP contribution in [0.4, 0.5) is 0 Å². The highest BCUT2D eigenvalue weighted by Crippen LogP contribution is 2.28. The first-order valence-corrected chi connectivity index (χ1v) is 4.63. The number of nitrogens with one attached hydrogen (secondary N) is 1. The van der Waals surface area contributed by atoms with Crippen molar-refractivity contribution in [1.82, 2.24) is 5.32 Å². The summed E-state index contributed by atoms with van der Waals surface area (Å²) in [6.45, 7) is 2.15. The largest absolute Gasteiger partial charge is 0.391 e. The monoisotopic (exact) mass is 207 g/mol. The van der Waals surface area contributed by atoms with Gasteiger partial charge in [0, 0.05) is 6.54 Å². The van der Waals surface area contributed by atoms with Crippen molar-refractivity contribution in [3.8, 4) is 0 Å². The summed E-state index contributed by atoms with van der Waals surface area (Å²) in [5.74, 6) is -2.04. The van der Waals surface area contributed by atoms with Crippen LogP contribution in [0.2, 0.25) is 0 Å². The number of ether oxygens (including phenoxy) is 1. The Morgan fingerprint density at radius 1 is 1.43 bits per heavy atom. The van der Waals surface area contributed by atoms with Crippen LogP contribution in [-0.4, -0.2) is 64.2 Å². The Bertz CT molecular complexity index is 191. The molecule has 1 aliphatic heterocycles. The van der Waals surface area contributed by atoms with Crippen LogP contribution in [0.3, 0.4) is 0 Å². The average Bonchev–Trinajstić information content (AvgIpc) is 2.41. The molecular formula is C8H17NO5. The van der Waals surface area contributed by atoms with Crippen LogP contribution >= 0.6 is 0 Å². The summed E-state index contributed by atoms with van der Waals surface area (Å²) in [5, 5.41) is 40.0. The third kappa shape index (κ3) is 2.05. The van der Waals surface area contributed by atoms with Crippen molar-refractivity contribution in [3.63, 3.8) is 0 Å². The molecule has 1 fully saturated rings. The molecule has 1 rings (SSSR count). The molecule has 1 saturated heterocycles. The van der Waals surface area contributed by atoms with Crippen LogP contribution in [0.1, 0.15) is 6.92 Å². The molecule has 14 heavy (non-hydrogen) atoms. The van der Waals surface area contributed by atoms with Gasteiger partial charge in [0.05, 0.1) is 6.61 Å². The number of hydrogen-bond acceptors (Lipinski definition) is 6. The average molecular weight is 207 g/mol. The van der Waals surface area contributed by atoms with E-state index < -0.39 is 30.7 Å². The standard InChI is InChI=1S/C8H17NO5/c1-2-9-3-5-6(11)7(12)8(13,4-10)14-5/h5-7,9-13H,2-4H2,1H3/t5-,6+,7-,8+/m1/s1. The van der Waals surface area contributed by atoms with E-state index in [-0.39, 0.29) is 0 Å². The quantitative estimate of drug-likeness (QED) is 0.346. The first kappa shape index (κ1) is 11.8. The zero-order chi connectivity index (χ0) is 10.8. The lowest BCUT2D eigenvalue weighted by atomic mass is 10.1. The molecule has 0 saturated carbocycles. The Balaban J connectivity index is 2.57. The molecule has 0 bridgehead atoms. The van der Waals surface area contributed by atoms with Gasteiger partial charge in [0.25, 0.3) is 0 Å². The zero-order valence-corrected chi connectivity index (χ0v) is 8.05. The molecule has 84 valence electrons. The number of rotatable bonds is 4. The minimum Gasteiger partial charge on any atom is -0.391 e. The smallest absolute Gasteiger partial charge is 0.219 e. The summed E-state index contributed by atoms with van der Waals surface area (Å²) in [4.78, 5) is 0. The second-order valence-electron chi connectivity index (χ2n) is 3.40. The molecule has 1 aliphatic rings. The lowest BCUT2D eigenvalue weighted by molar-refractivity contribution is -0.245. The molecule has 0 radical (unpaired) electrons. The summed E-state index contributed by atoms with van der Waals surface area (Å²) >= 11 is 0. The molecule has 6 heteroatoms. The highest BCUT2D eigenvalue weighted by molar-refractivity contribution is 4.95. The third-order valence-electron chi connectivity index (χ3n) is 2.34. The van der Waals surface area contributed by atoms with E-state index >= 15 is 0 Å². The van der Waals surface area contributed by atoms with Crippen molar-refractivity contribution >= 4 is 0 Å². The van der Waals surface area contributed by atoms with Gasteiger partial charge in [-0.25, -0.2) is 0 Å². The fourth-order valence-corrected chi connectivity index (χ4v) is 1.45. The second-order valence-corrected chi connectivity index (χ2v) is 3.40. The van der Waals surface area contributed by atoms with Gasteiger partial charge in [-0.1, -0.05) is 6.92 Å². The van der Waals surface area contributed by atoms with Crippen LogP contribution < -0.4 is 5.32 Å². The maximum absolute atomic E-state index is 9.50. The normalized spacial score (nSPS) is 43.1. The lowest BCUT2D eigenvalue weighted by Crippen LogP contribution is -2.46. The third-order valence-corrected chi connectivity index (χ3v) is 2.34. The van der Waals surface area contributed by atoms with Gasteiger partial charge in [-0.15, -0.1) is 0 Å². The molecule has 0 spiro atoms. The van der Waals surface area contributed by atoms with Crippen molar-refractivity contribution in [1.29, 1.82) is 0 Å². The Labute approximate surface area is 82.1 Å². The number of hydrogen-bond donors (Lipinski definition) is 5. The maximum Gasteiger partial charge on any atom is 0.219 e. The van der Waals surface area contributed by atoms with Crippen molar-refractivity contribution in [2.45, 2.75) is 31.0 Å². The molecule has 0 unspecified atom stereocenters. The van der Waals surface area contributed by atoms with Gasteiger partial charge in [-0.3, -0.25) is 0 Å². The maximum atomic E-state index is 9.50. The van der Waals surface area contributed by atoms with Gasteiger partial charge in [-0.05, 0) is 6.54 Å². The van der Waals surface area contributed by atoms with E-state index in [0.717, 1.165) is 0 Å². The Morgan fingerprint density at radius 2 is 2.07 bits per heavy atom. The van der Waals surface area contributed by atoms with Gasteiger partial charge < -0.3 is 30.5 Å². The molecule has 0 aliphatic carbocycles. The first-order valence-electron chi connectivity index (χ1n) is 4.63. The lowest BCUT2D eigenvalue weighted by Gasteiger charge is -2.22. The molecule has 0 aromatic carbocycles. The SMILES string of the molecule is CCNC[C@H]1O[C@@](O)(CO)[C@H](O)[C@H]1O. The van der Waals surface area contributed by atoms with Crippen molar-refractivity contribution in [3.05, 3.63) is 0 Å². The predicted molar refractivity (Wildman–Crippen MR) is 47.5 cm³/mol. The molecular weight excluding hydrogens is 190 g/mol. The molecule has 5 N–H and O–H groups in total. The fraction of sp³-hybridized carbons (Fsp3) is 1.00. The topological polar surface area (TPSA) is 102 Å². The van der Waals surface area contributed by atoms with Crippen LogP contribution in [-0.2, 0) is 4.74 Å². The number of aliphatic hydroxyl groups excluding tert-OH is 3. The number of aliphatic hydroxyl groups is 4. The van der Waals surface area contributed by atoms with Crippen molar-refractivity contribution < 1.29 is 25.2 Å². The van der Waals surface area contributed by atoms with Gasteiger partial charge >= 0.3 is 0 Å². The Hall–Kier alpha value is -0.240. The van der Waals surface area contributed by atoms with E-state index in [4.69, 9.17) is 9.84 Å². The van der Waals surface area contributed by atoms with Gasteiger partial charge in [0.1, 0.15) is 18.3 Å². The van der Waals surface area contributed by atoms with E-state index in [1.54, 1.807) is 0 Å². The Morgan fingerprint density at radius 3 is 2.50 bits per heavy atom. The van der Waals surface area contributed by atoms with Crippen LogP contribution in [0, 0.1) is 0 Å². The summed E-state index contributed by atoms with van der Waals surface area (Å²) < 4.78 is 4.97. The van der Waals surface area contributed by atoms with E-state index in [2.05, 4.69) is 5.32 Å². The Kier molecular flexibility index (Phi) is 3.82. The molecule has 0 aromatic heterocycles. The van der Waals surface area contributed by atoms with Crippen LogP contribution in [0.25, 0.3) is 0 Å². The number of likely N-dealkylation sites (N-methyl/N-ethyl adjacent to an activating group) is 1. The molecule has 4 atom stereocenters. The van der Waals surface area contributed by atoms with E-state index in [1.165, 1.54) is 0 Å². The van der Waals surface area contributed by atoms with Crippen LogP contribution in [0.15, 0.2) is 0 Å². The first-order chi connectivity index (χ1) is 6.55. The van der Waals surface area contributed by atoms with E-state index in [9.17, 15) is 15.3 Å². The predicted octanol–water partition coefficient (Wildman–Crippen LogP) is -2.60. The summed E-state index contributed by atoms with van der Waals surface area (Å²) in [6, 6.07) is 0. The highest BCUT2D eigenvalue weighted by Gasteiger charge is 2.52. The minimum atomic E-state index is -2.04. The van der Waals surface area contributed by atoms with Gasteiger partial charge in [0.15, 0.2) is 0 Å². The van der Waals surface area contributed by atoms with Crippen LogP contribution in [0.5, 0.6) is 0 Å². The fourth-order valence-electron chi connectivity index (χ4n) is 1.45. The highest BCUT2D eigenvalue weighted by atomic mass is 16.7.